The number of carbonyl (C=O) groups is 1. The summed E-state index contributed by atoms with van der Waals surface area (Å²) in [5.41, 5.74) is 1.34. The van der Waals surface area contributed by atoms with Gasteiger partial charge in [-0.05, 0) is 43.1 Å². The summed E-state index contributed by atoms with van der Waals surface area (Å²) in [6.07, 6.45) is 5.68. The Morgan fingerprint density at radius 3 is 2.72 bits per heavy atom. The van der Waals surface area contributed by atoms with Crippen LogP contribution in [0.3, 0.4) is 0 Å². The van der Waals surface area contributed by atoms with Gasteiger partial charge in [-0.1, -0.05) is 30.3 Å². The normalized spacial score (nSPS) is 16.1. The van der Waals surface area contributed by atoms with E-state index in [2.05, 4.69) is 15.7 Å². The summed E-state index contributed by atoms with van der Waals surface area (Å²) in [5, 5.41) is 10.5. The molecule has 0 saturated carbocycles. The predicted molar refractivity (Wildman–Crippen MR) is 115 cm³/mol. The molecule has 2 N–H and O–H groups in total. The van der Waals surface area contributed by atoms with Crippen LogP contribution in [-0.2, 0) is 6.54 Å². The van der Waals surface area contributed by atoms with Crippen LogP contribution in [-0.4, -0.2) is 33.3 Å². The lowest BCUT2D eigenvalue weighted by molar-refractivity contribution is 0.102. The van der Waals surface area contributed by atoms with Gasteiger partial charge < -0.3 is 15.2 Å². The van der Waals surface area contributed by atoms with E-state index in [0.29, 0.717) is 12.2 Å². The number of carbonyl (C=O) groups excluding carboxylic acids is 1. The van der Waals surface area contributed by atoms with Crippen molar-refractivity contribution in [2.75, 3.05) is 18.4 Å². The highest BCUT2D eigenvalue weighted by molar-refractivity contribution is 6.02. The molecule has 1 amide bonds. The summed E-state index contributed by atoms with van der Waals surface area (Å²) in [4.78, 5) is 25.3. The highest BCUT2D eigenvalue weighted by Gasteiger charge is 2.18. The van der Waals surface area contributed by atoms with E-state index in [4.69, 9.17) is 0 Å². The van der Waals surface area contributed by atoms with Gasteiger partial charge in [0.25, 0.3) is 11.5 Å². The number of rotatable bonds is 5. The van der Waals surface area contributed by atoms with Crippen LogP contribution < -0.4 is 16.2 Å². The average molecular weight is 414 g/mol. The van der Waals surface area contributed by atoms with E-state index in [1.165, 1.54) is 0 Å². The van der Waals surface area contributed by atoms with Crippen molar-refractivity contribution in [1.29, 1.82) is 0 Å². The van der Waals surface area contributed by atoms with Crippen molar-refractivity contribution in [1.82, 2.24) is 19.7 Å². The number of hydrogen-bond donors (Lipinski definition) is 2. The van der Waals surface area contributed by atoms with Gasteiger partial charge >= 0.3 is 0 Å². The maximum Gasteiger partial charge on any atom is 0.276 e. The number of nitrogens with zero attached hydrogens (tertiary/aromatic N) is 3. The maximum absolute atomic E-state index is 12.7. The number of benzene rings is 1. The van der Waals surface area contributed by atoms with Crippen LogP contribution in [0.2, 0.25) is 0 Å². The molecule has 3 aromatic rings. The number of amides is 1. The van der Waals surface area contributed by atoms with E-state index < -0.39 is 0 Å². The average Bonchev–Trinajstić information content (AvgIpc) is 3.23. The van der Waals surface area contributed by atoms with Crippen LogP contribution in [0.5, 0.6) is 0 Å². The number of anilines is 1. The van der Waals surface area contributed by atoms with Gasteiger partial charge in [0.05, 0.1) is 12.6 Å². The summed E-state index contributed by atoms with van der Waals surface area (Å²) < 4.78 is 3.41. The molecule has 1 aliphatic rings. The summed E-state index contributed by atoms with van der Waals surface area (Å²) in [6, 6.07) is 15.1. The maximum atomic E-state index is 12.7. The number of hydrogen-bond acceptors (Lipinski definition) is 4. The largest absolute Gasteiger partial charge is 0.316 e. The molecule has 152 valence electrons. The second kappa shape index (κ2) is 9.54. The Balaban J connectivity index is 0.00000240. The fraction of sp³-hybridized carbons (Fsp3) is 0.286. The van der Waals surface area contributed by atoms with Gasteiger partial charge in [0, 0.05) is 18.9 Å². The number of piperidine rings is 1. The van der Waals surface area contributed by atoms with Gasteiger partial charge in [0.15, 0.2) is 5.69 Å². The molecule has 29 heavy (non-hydrogen) atoms. The predicted octanol–water partition coefficient (Wildman–Crippen LogP) is 2.69. The summed E-state index contributed by atoms with van der Waals surface area (Å²) in [5.74, 6) is -0.378. The summed E-state index contributed by atoms with van der Waals surface area (Å²) >= 11 is 0. The molecule has 1 unspecified atom stereocenters. The Hall–Kier alpha value is -2.90. The van der Waals surface area contributed by atoms with Crippen molar-refractivity contribution in [3.63, 3.8) is 0 Å². The fourth-order valence-electron chi connectivity index (χ4n) is 3.44. The van der Waals surface area contributed by atoms with Gasteiger partial charge in [-0.15, -0.1) is 12.4 Å². The highest BCUT2D eigenvalue weighted by atomic mass is 35.5. The monoisotopic (exact) mass is 413 g/mol. The zero-order valence-electron chi connectivity index (χ0n) is 16.0. The minimum atomic E-state index is -0.378. The standard InChI is InChI=1S/C21H23N5O2.ClH/c27-20(18-10-13-26(24-18)17-8-4-11-22-14-17)23-19-9-5-12-25(21(19)28)15-16-6-2-1-3-7-16;/h1-3,5-7,9-10,12-13,17,22H,4,8,11,14-15H2,(H,23,27);1H. The van der Waals surface area contributed by atoms with Gasteiger partial charge in [-0.3, -0.25) is 14.3 Å². The zero-order chi connectivity index (χ0) is 19.3. The third kappa shape index (κ3) is 4.93. The number of aromatic nitrogens is 3. The molecule has 4 rings (SSSR count). The molecule has 3 heterocycles. The SMILES string of the molecule is Cl.O=C(Nc1cccn(Cc2ccccc2)c1=O)c1ccn(C2CCCNC2)n1. The topological polar surface area (TPSA) is 81.0 Å². The van der Waals surface area contributed by atoms with Crippen LogP contribution in [0.4, 0.5) is 5.69 Å². The van der Waals surface area contributed by atoms with E-state index >= 15 is 0 Å². The van der Waals surface area contributed by atoms with Gasteiger partial charge in [0.2, 0.25) is 0 Å². The first kappa shape index (κ1) is 20.8. The highest BCUT2D eigenvalue weighted by Crippen LogP contribution is 2.16. The van der Waals surface area contributed by atoms with Crippen LogP contribution in [0.1, 0.15) is 34.9 Å². The molecule has 1 fully saturated rings. The Bertz CT molecular complexity index is 1010. The number of pyridine rings is 1. The summed E-state index contributed by atoms with van der Waals surface area (Å²) in [7, 11) is 0. The van der Waals surface area contributed by atoms with Crippen molar-refractivity contribution in [3.05, 3.63) is 82.5 Å². The second-order valence-corrected chi connectivity index (χ2v) is 6.98. The molecule has 1 aliphatic heterocycles. The Labute approximate surface area is 175 Å². The molecule has 0 bridgehead atoms. The molecule has 1 saturated heterocycles. The number of halogens is 1. The molecular formula is C21H24ClN5O2. The first-order valence-electron chi connectivity index (χ1n) is 9.51. The van der Waals surface area contributed by atoms with Crippen LogP contribution in [0, 0.1) is 0 Å². The molecule has 0 aliphatic carbocycles. The van der Waals surface area contributed by atoms with E-state index in [-0.39, 0.29) is 35.6 Å². The van der Waals surface area contributed by atoms with Gasteiger partial charge in [0.1, 0.15) is 5.69 Å². The van der Waals surface area contributed by atoms with E-state index in [1.807, 2.05) is 41.2 Å². The Morgan fingerprint density at radius 1 is 1.14 bits per heavy atom. The molecule has 8 heteroatoms. The quantitative estimate of drug-likeness (QED) is 0.673. The third-order valence-corrected chi connectivity index (χ3v) is 4.95. The van der Waals surface area contributed by atoms with Crippen LogP contribution in [0.25, 0.3) is 0 Å². The third-order valence-electron chi connectivity index (χ3n) is 4.95. The van der Waals surface area contributed by atoms with E-state index in [0.717, 1.165) is 31.5 Å². The molecule has 7 nitrogen and oxygen atoms in total. The first-order valence-corrected chi connectivity index (χ1v) is 9.51. The minimum absolute atomic E-state index is 0. The second-order valence-electron chi connectivity index (χ2n) is 6.98. The lowest BCUT2D eigenvalue weighted by atomic mass is 10.1. The van der Waals surface area contributed by atoms with Crippen molar-refractivity contribution >= 4 is 24.0 Å². The molecule has 2 aromatic heterocycles. The van der Waals surface area contributed by atoms with Gasteiger partial charge in [-0.25, -0.2) is 0 Å². The molecule has 1 aromatic carbocycles. The molecule has 0 spiro atoms. The Kier molecular flexibility index (Phi) is 6.85. The van der Waals surface area contributed by atoms with Gasteiger partial charge in [-0.2, -0.15) is 5.10 Å². The van der Waals surface area contributed by atoms with Crippen molar-refractivity contribution < 1.29 is 4.79 Å². The molecule has 1 atom stereocenters. The zero-order valence-corrected chi connectivity index (χ0v) is 16.8. The van der Waals surface area contributed by atoms with Crippen LogP contribution in [0.15, 0.2) is 65.7 Å². The smallest absolute Gasteiger partial charge is 0.276 e. The van der Waals surface area contributed by atoms with E-state index in [9.17, 15) is 9.59 Å². The summed E-state index contributed by atoms with van der Waals surface area (Å²) in [6.45, 7) is 2.33. The van der Waals surface area contributed by atoms with Crippen LogP contribution >= 0.6 is 12.4 Å². The van der Waals surface area contributed by atoms with Crippen molar-refractivity contribution in [3.8, 4) is 0 Å². The lowest BCUT2D eigenvalue weighted by Crippen LogP contribution is -2.32. The first-order chi connectivity index (χ1) is 13.7. The fourth-order valence-corrected chi connectivity index (χ4v) is 3.44. The van der Waals surface area contributed by atoms with Crippen molar-refractivity contribution in [2.45, 2.75) is 25.4 Å². The minimum Gasteiger partial charge on any atom is -0.316 e. The lowest BCUT2D eigenvalue weighted by Gasteiger charge is -2.22. The Morgan fingerprint density at radius 2 is 1.97 bits per heavy atom. The van der Waals surface area contributed by atoms with E-state index in [1.54, 1.807) is 29.0 Å². The van der Waals surface area contributed by atoms with Crippen molar-refractivity contribution in [2.24, 2.45) is 0 Å². The number of nitrogens with one attached hydrogen (secondary N) is 2. The molecule has 0 radical (unpaired) electrons. The molecular weight excluding hydrogens is 390 g/mol.